The maximum atomic E-state index is 14.0. The van der Waals surface area contributed by atoms with Gasteiger partial charge in [-0.2, -0.15) is 0 Å². The van der Waals surface area contributed by atoms with Crippen LogP contribution in [0.5, 0.6) is 0 Å². The Bertz CT molecular complexity index is 2210. The fraction of sp³-hybridized carbons (Fsp3) is 0.243. The highest BCUT2D eigenvalue weighted by Gasteiger charge is 2.64. The van der Waals surface area contributed by atoms with Crippen molar-refractivity contribution in [3.8, 4) is 0 Å². The van der Waals surface area contributed by atoms with E-state index in [9.17, 15) is 29.8 Å². The van der Waals surface area contributed by atoms with Crippen LogP contribution in [0, 0.1) is 20.2 Å². The number of hydrazone groups is 2. The molecule has 0 bridgehead atoms. The van der Waals surface area contributed by atoms with E-state index in [1.807, 2.05) is 37.3 Å². The molecule has 0 radical (unpaired) electrons. The van der Waals surface area contributed by atoms with Crippen LogP contribution in [0.25, 0.3) is 0 Å². The van der Waals surface area contributed by atoms with Gasteiger partial charge in [0, 0.05) is 36.2 Å². The quantitative estimate of drug-likeness (QED) is 0.0692. The number of alkyl halides is 3. The van der Waals surface area contributed by atoms with Crippen molar-refractivity contribution < 1.29 is 28.9 Å². The van der Waals surface area contributed by atoms with Gasteiger partial charge in [-0.05, 0) is 57.2 Å². The SMILES string of the molecule is CCOC(=O)C1=NN(c2ccc([N+](=O)[O-])cc2)[C@]2(C)C[C@@]3(c4ccccc4)N(c4ccc([N+](=O)[O-])cc4)N=C(C(=O)OCC)N3c3ccccc3N12.ClC(Cl)Cl. The second-order valence-corrected chi connectivity index (χ2v) is 14.4. The lowest BCUT2D eigenvalue weighted by Crippen LogP contribution is -2.62. The lowest BCUT2D eigenvalue weighted by atomic mass is 9.86. The minimum absolute atomic E-state index is 0.0193. The average Bonchev–Trinajstić information content (AvgIpc) is 3.64. The number of amidine groups is 2. The number of carbonyl (C=O) groups is 2. The number of hydrogen-bond donors (Lipinski definition) is 0. The number of halogens is 3. The van der Waals surface area contributed by atoms with Gasteiger partial charge < -0.3 is 9.47 Å². The monoisotopic (exact) mass is 822 g/mol. The molecule has 0 saturated carbocycles. The summed E-state index contributed by atoms with van der Waals surface area (Å²) in [5, 5.41) is 36.3. The minimum atomic E-state index is -1.43. The van der Waals surface area contributed by atoms with Gasteiger partial charge in [0.15, 0.2) is 9.96 Å². The van der Waals surface area contributed by atoms with E-state index in [-0.39, 0.29) is 42.7 Å². The number of carbonyl (C=O) groups excluding carboxylic acids is 2. The lowest BCUT2D eigenvalue weighted by molar-refractivity contribution is -0.385. The Morgan fingerprint density at radius 1 is 0.696 bits per heavy atom. The predicted octanol–water partition coefficient (Wildman–Crippen LogP) is 7.87. The van der Waals surface area contributed by atoms with Gasteiger partial charge >= 0.3 is 11.9 Å². The minimum Gasteiger partial charge on any atom is -0.460 e. The van der Waals surface area contributed by atoms with Crippen molar-refractivity contribution >= 4 is 92.5 Å². The molecule has 290 valence electrons. The molecule has 0 fully saturated rings. The standard InChI is InChI=1S/C36H32N8O8.CHCl3/c1-4-51-33(45)31-37-41(25-15-19-27(20-16-25)43(47)48)35(3)23-36(24-11-7-6-8-12-24)40(30-14-10-9-13-29(30)39(31)35)32(34(46)52-5-2)38-42(36)26-17-21-28(22-18-26)44(49)50;2-1(3)4/h6-22H,4-5,23H2,1-3H3;1H/t35-,36+;/m1./s1. The molecule has 3 heterocycles. The van der Waals surface area contributed by atoms with E-state index in [1.165, 1.54) is 24.3 Å². The molecule has 7 rings (SSSR count). The van der Waals surface area contributed by atoms with Crippen LogP contribution in [0.4, 0.5) is 34.1 Å². The summed E-state index contributed by atoms with van der Waals surface area (Å²) in [7, 11) is 0. The van der Waals surface area contributed by atoms with Crippen LogP contribution in [-0.4, -0.2) is 56.6 Å². The summed E-state index contributed by atoms with van der Waals surface area (Å²) in [5.41, 5.74) is -0.573. The van der Waals surface area contributed by atoms with Crippen LogP contribution in [0.2, 0.25) is 0 Å². The van der Waals surface area contributed by atoms with E-state index in [1.54, 1.807) is 82.2 Å². The number of nitro benzene ring substituents is 2. The largest absolute Gasteiger partial charge is 0.460 e. The topological polar surface area (TPSA) is 177 Å². The molecule has 0 saturated heterocycles. The number of nitro groups is 2. The van der Waals surface area contributed by atoms with Crippen LogP contribution < -0.4 is 19.8 Å². The molecule has 0 spiro atoms. The zero-order chi connectivity index (χ0) is 40.4. The van der Waals surface area contributed by atoms with Gasteiger partial charge in [0.1, 0.15) is 5.66 Å². The average molecular weight is 824 g/mol. The molecular formula is C37H33Cl3N8O8. The number of esters is 2. The number of non-ortho nitro benzene ring substituents is 2. The van der Waals surface area contributed by atoms with Crippen molar-refractivity contribution in [2.45, 2.75) is 42.8 Å². The van der Waals surface area contributed by atoms with E-state index in [2.05, 4.69) is 0 Å². The fourth-order valence-electron chi connectivity index (χ4n) is 7.12. The number of ether oxygens (including phenoxy) is 2. The van der Waals surface area contributed by atoms with Crippen LogP contribution in [0.1, 0.15) is 32.8 Å². The van der Waals surface area contributed by atoms with Gasteiger partial charge in [-0.15, -0.1) is 10.2 Å². The molecule has 19 heteroatoms. The molecule has 2 atom stereocenters. The van der Waals surface area contributed by atoms with Gasteiger partial charge in [0.25, 0.3) is 11.4 Å². The summed E-state index contributed by atoms with van der Waals surface area (Å²) in [6.45, 7) is 5.35. The Labute approximate surface area is 335 Å². The molecule has 4 aromatic carbocycles. The molecular weight excluding hydrogens is 791 g/mol. The van der Waals surface area contributed by atoms with Gasteiger partial charge in [-0.1, -0.05) is 77.3 Å². The molecule has 0 aromatic heterocycles. The van der Waals surface area contributed by atoms with E-state index >= 15 is 0 Å². The number of fused-ring (bicyclic) bond motifs is 5. The van der Waals surface area contributed by atoms with E-state index in [4.69, 9.17) is 54.5 Å². The Hall–Kier alpha value is -5.97. The van der Waals surface area contributed by atoms with Crippen LogP contribution >= 0.6 is 34.8 Å². The maximum absolute atomic E-state index is 14.0. The zero-order valence-electron chi connectivity index (χ0n) is 30.0. The van der Waals surface area contributed by atoms with E-state index < -0.39 is 37.4 Å². The second-order valence-electron chi connectivity index (χ2n) is 12.4. The third-order valence-electron chi connectivity index (χ3n) is 9.18. The summed E-state index contributed by atoms with van der Waals surface area (Å²) in [5.74, 6) is -1.56. The summed E-state index contributed by atoms with van der Waals surface area (Å²) in [6.07, 6.45) is 0.0193. The smallest absolute Gasteiger partial charge is 0.376 e. The molecule has 0 aliphatic carbocycles. The highest BCUT2D eigenvalue weighted by molar-refractivity contribution is 6.63. The number of anilines is 4. The first-order valence-corrected chi connectivity index (χ1v) is 18.4. The van der Waals surface area contributed by atoms with Crippen molar-refractivity contribution in [1.82, 2.24) is 0 Å². The maximum Gasteiger partial charge on any atom is 0.376 e. The van der Waals surface area contributed by atoms with Crippen molar-refractivity contribution in [3.05, 3.63) is 129 Å². The third kappa shape index (κ3) is 7.02. The number of rotatable bonds is 9. The number of hydrogen-bond acceptors (Lipinski definition) is 14. The number of nitrogens with zero attached hydrogens (tertiary/aromatic N) is 8. The van der Waals surface area contributed by atoms with Crippen molar-refractivity contribution in [1.29, 1.82) is 0 Å². The van der Waals surface area contributed by atoms with Gasteiger partial charge in [-0.3, -0.25) is 30.0 Å². The molecule has 3 aliphatic heterocycles. The van der Waals surface area contributed by atoms with E-state index in [0.717, 1.165) is 0 Å². The molecule has 0 N–H and O–H groups in total. The number of benzene rings is 4. The molecule has 16 nitrogen and oxygen atoms in total. The van der Waals surface area contributed by atoms with Gasteiger partial charge in [0.05, 0.1) is 45.8 Å². The Kier molecular flexibility index (Phi) is 11.4. The number of para-hydroxylation sites is 2. The molecule has 4 aromatic rings. The lowest BCUT2D eigenvalue weighted by Gasteiger charge is -2.48. The first kappa shape index (κ1) is 39.7. The Morgan fingerprint density at radius 2 is 1.11 bits per heavy atom. The zero-order valence-corrected chi connectivity index (χ0v) is 32.3. The van der Waals surface area contributed by atoms with Crippen LogP contribution in [-0.2, 0) is 24.7 Å². The summed E-state index contributed by atoms with van der Waals surface area (Å²) in [4.78, 5) is 53.6. The Balaban J connectivity index is 0.00000127. The fourth-order valence-corrected chi connectivity index (χ4v) is 7.12. The second kappa shape index (κ2) is 16.0. The van der Waals surface area contributed by atoms with Crippen LogP contribution in [0.15, 0.2) is 113 Å². The van der Waals surface area contributed by atoms with Crippen LogP contribution in [0.3, 0.4) is 0 Å². The highest BCUT2D eigenvalue weighted by Crippen LogP contribution is 2.57. The molecule has 0 unspecified atom stereocenters. The molecule has 0 amide bonds. The molecule has 56 heavy (non-hydrogen) atoms. The van der Waals surface area contributed by atoms with Crippen molar-refractivity contribution in [2.24, 2.45) is 10.2 Å². The summed E-state index contributed by atoms with van der Waals surface area (Å²) in [6, 6.07) is 28.1. The summed E-state index contributed by atoms with van der Waals surface area (Å²) >= 11 is 14.4. The molecule has 3 aliphatic rings. The van der Waals surface area contributed by atoms with Gasteiger partial charge in [-0.25, -0.2) is 19.6 Å². The van der Waals surface area contributed by atoms with Crippen molar-refractivity contribution in [3.63, 3.8) is 0 Å². The normalized spacial score (nSPS) is 19.4. The van der Waals surface area contributed by atoms with E-state index in [0.29, 0.717) is 28.3 Å². The first-order chi connectivity index (χ1) is 26.8. The first-order valence-electron chi connectivity index (χ1n) is 17.1. The predicted molar refractivity (Wildman–Crippen MR) is 213 cm³/mol. The van der Waals surface area contributed by atoms with Gasteiger partial charge in [0.2, 0.25) is 11.7 Å². The third-order valence-corrected chi connectivity index (χ3v) is 9.18. The summed E-state index contributed by atoms with van der Waals surface area (Å²) < 4.78 is 10.3. The van der Waals surface area contributed by atoms with Crippen molar-refractivity contribution in [2.75, 3.05) is 33.0 Å². The Morgan fingerprint density at radius 3 is 1.57 bits per heavy atom. The highest BCUT2D eigenvalue weighted by atomic mass is 35.6.